The Morgan fingerprint density at radius 2 is 1.65 bits per heavy atom. The van der Waals surface area contributed by atoms with E-state index in [-0.39, 0.29) is 5.56 Å². The molecule has 2 heterocycles. The van der Waals surface area contributed by atoms with Crippen LogP contribution >= 0.6 is 0 Å². The second-order valence-electron chi connectivity index (χ2n) is 7.20. The predicted molar refractivity (Wildman–Crippen MR) is 113 cm³/mol. The van der Waals surface area contributed by atoms with Crippen molar-refractivity contribution in [3.8, 4) is 17.0 Å². The zero-order chi connectivity index (χ0) is 22.0. The summed E-state index contributed by atoms with van der Waals surface area (Å²) in [5.41, 5.74) is 0.933. The van der Waals surface area contributed by atoms with Gasteiger partial charge in [-0.3, -0.25) is 9.78 Å². The number of methoxy groups -OCH3 is 1. The zero-order valence-corrected chi connectivity index (χ0v) is 16.8. The van der Waals surface area contributed by atoms with Crippen LogP contribution in [0.1, 0.15) is 5.56 Å². The van der Waals surface area contributed by atoms with Crippen molar-refractivity contribution in [2.24, 2.45) is 0 Å². The van der Waals surface area contributed by atoms with E-state index in [1.807, 2.05) is 21.9 Å². The van der Waals surface area contributed by atoms with Crippen LogP contribution in [0.5, 0.6) is 5.75 Å². The maximum atomic E-state index is 13.0. The number of aromatic nitrogens is 2. The minimum absolute atomic E-state index is 0.267. The SMILES string of the molecule is COc1ccc(-c2cc(=O)[nH]c(N3CCN(c4cccc(C(F)(F)F)c4)CC3)n2)cc1. The Morgan fingerprint density at radius 1 is 0.968 bits per heavy atom. The van der Waals surface area contributed by atoms with Crippen LogP contribution in [-0.2, 0) is 6.18 Å². The number of alkyl halides is 3. The van der Waals surface area contributed by atoms with Gasteiger partial charge in [-0.05, 0) is 42.5 Å². The van der Waals surface area contributed by atoms with Crippen molar-refractivity contribution in [1.29, 1.82) is 0 Å². The van der Waals surface area contributed by atoms with Crippen LogP contribution in [0.15, 0.2) is 59.4 Å². The second-order valence-corrected chi connectivity index (χ2v) is 7.20. The van der Waals surface area contributed by atoms with Gasteiger partial charge in [0.15, 0.2) is 0 Å². The normalized spacial score (nSPS) is 14.6. The summed E-state index contributed by atoms with van der Waals surface area (Å²) >= 11 is 0. The van der Waals surface area contributed by atoms with Crippen molar-refractivity contribution in [3.63, 3.8) is 0 Å². The van der Waals surface area contributed by atoms with Gasteiger partial charge in [0.1, 0.15) is 5.75 Å². The lowest BCUT2D eigenvalue weighted by atomic mass is 10.1. The largest absolute Gasteiger partial charge is 0.497 e. The smallest absolute Gasteiger partial charge is 0.416 e. The summed E-state index contributed by atoms with van der Waals surface area (Å²) in [6.45, 7) is 2.06. The molecule has 0 radical (unpaired) electrons. The molecule has 9 heteroatoms. The molecule has 162 valence electrons. The molecule has 1 aliphatic heterocycles. The highest BCUT2D eigenvalue weighted by atomic mass is 19.4. The number of piperazine rings is 1. The van der Waals surface area contributed by atoms with Gasteiger partial charge in [-0.25, -0.2) is 4.98 Å². The molecule has 3 aromatic rings. The highest BCUT2D eigenvalue weighted by Gasteiger charge is 2.31. The van der Waals surface area contributed by atoms with E-state index in [1.165, 1.54) is 18.2 Å². The summed E-state index contributed by atoms with van der Waals surface area (Å²) in [5, 5.41) is 0. The minimum Gasteiger partial charge on any atom is -0.497 e. The molecule has 0 amide bonds. The topological polar surface area (TPSA) is 61.5 Å². The molecule has 4 rings (SSSR count). The van der Waals surface area contributed by atoms with Gasteiger partial charge >= 0.3 is 6.18 Å². The Morgan fingerprint density at radius 3 is 2.29 bits per heavy atom. The number of benzene rings is 2. The van der Waals surface area contributed by atoms with Crippen LogP contribution < -0.4 is 20.1 Å². The lowest BCUT2D eigenvalue weighted by Crippen LogP contribution is -2.47. The molecule has 31 heavy (non-hydrogen) atoms. The molecule has 1 N–H and O–H groups in total. The highest BCUT2D eigenvalue weighted by molar-refractivity contribution is 5.61. The number of anilines is 2. The predicted octanol–water partition coefficient (Wildman–Crippen LogP) is 3.79. The molecule has 0 saturated carbocycles. The number of nitrogens with one attached hydrogen (secondary N) is 1. The lowest BCUT2D eigenvalue weighted by molar-refractivity contribution is -0.137. The summed E-state index contributed by atoms with van der Waals surface area (Å²) < 4.78 is 44.2. The zero-order valence-electron chi connectivity index (χ0n) is 16.8. The number of halogens is 3. The molecule has 6 nitrogen and oxygen atoms in total. The quantitative estimate of drug-likeness (QED) is 0.683. The number of aromatic amines is 1. The van der Waals surface area contributed by atoms with Gasteiger partial charge in [-0.2, -0.15) is 13.2 Å². The van der Waals surface area contributed by atoms with E-state index in [9.17, 15) is 18.0 Å². The number of hydrogen-bond donors (Lipinski definition) is 1. The third kappa shape index (κ3) is 4.65. The molecule has 0 spiro atoms. The van der Waals surface area contributed by atoms with E-state index < -0.39 is 11.7 Å². The molecule has 1 fully saturated rings. The summed E-state index contributed by atoms with van der Waals surface area (Å²) in [4.78, 5) is 23.4. The minimum atomic E-state index is -4.37. The first-order chi connectivity index (χ1) is 14.8. The Bertz CT molecular complexity index is 1100. The Kier molecular flexibility index (Phi) is 5.58. The summed E-state index contributed by atoms with van der Waals surface area (Å²) in [6, 6.07) is 14.0. The number of rotatable bonds is 4. The molecule has 1 saturated heterocycles. The van der Waals surface area contributed by atoms with Crippen molar-refractivity contribution < 1.29 is 17.9 Å². The van der Waals surface area contributed by atoms with Crippen LogP contribution in [0, 0.1) is 0 Å². The lowest BCUT2D eigenvalue weighted by Gasteiger charge is -2.36. The van der Waals surface area contributed by atoms with Gasteiger partial charge in [-0.1, -0.05) is 6.07 Å². The molecule has 1 aliphatic rings. The number of H-pyrrole nitrogens is 1. The molecule has 0 aliphatic carbocycles. The first-order valence-electron chi connectivity index (χ1n) is 9.76. The number of hydrogen-bond acceptors (Lipinski definition) is 5. The second kappa shape index (κ2) is 8.33. The summed E-state index contributed by atoms with van der Waals surface area (Å²) in [7, 11) is 1.58. The highest BCUT2D eigenvalue weighted by Crippen LogP contribution is 2.32. The Hall–Kier alpha value is -3.49. The van der Waals surface area contributed by atoms with Crippen molar-refractivity contribution in [3.05, 3.63) is 70.5 Å². The van der Waals surface area contributed by atoms with Crippen molar-refractivity contribution in [2.45, 2.75) is 6.18 Å². The van der Waals surface area contributed by atoms with Gasteiger partial charge in [0.2, 0.25) is 5.95 Å². The number of ether oxygens (including phenoxy) is 1. The third-order valence-corrected chi connectivity index (χ3v) is 5.23. The first-order valence-corrected chi connectivity index (χ1v) is 9.76. The fourth-order valence-corrected chi connectivity index (χ4v) is 3.56. The van der Waals surface area contributed by atoms with Crippen LogP contribution in [0.2, 0.25) is 0 Å². The van der Waals surface area contributed by atoms with E-state index in [1.54, 1.807) is 25.3 Å². The molecule has 0 atom stereocenters. The Labute approximate surface area is 176 Å². The van der Waals surface area contributed by atoms with Crippen molar-refractivity contribution >= 4 is 11.6 Å². The van der Waals surface area contributed by atoms with E-state index in [2.05, 4.69) is 9.97 Å². The monoisotopic (exact) mass is 430 g/mol. The molecular formula is C22H21F3N4O2. The Balaban J connectivity index is 1.50. The first kappa shape index (κ1) is 20.8. The standard InChI is InChI=1S/C22H21F3N4O2/c1-31-18-7-5-15(6-8-18)19-14-20(30)27-21(26-19)29-11-9-28(10-12-29)17-4-2-3-16(13-17)22(23,24)25/h2-8,13-14H,9-12H2,1H3,(H,26,27,30). The summed E-state index contributed by atoms with van der Waals surface area (Å²) in [5.74, 6) is 1.15. The van der Waals surface area contributed by atoms with E-state index in [0.717, 1.165) is 11.6 Å². The molecule has 0 unspecified atom stereocenters. The molecular weight excluding hydrogens is 409 g/mol. The summed E-state index contributed by atoms with van der Waals surface area (Å²) in [6.07, 6.45) is -4.37. The maximum Gasteiger partial charge on any atom is 0.416 e. The van der Waals surface area contributed by atoms with E-state index in [4.69, 9.17) is 4.74 Å². The third-order valence-electron chi connectivity index (χ3n) is 5.23. The van der Waals surface area contributed by atoms with Crippen molar-refractivity contribution in [2.75, 3.05) is 43.1 Å². The van der Waals surface area contributed by atoms with Gasteiger partial charge < -0.3 is 14.5 Å². The van der Waals surface area contributed by atoms with Gasteiger partial charge in [0, 0.05) is 43.5 Å². The molecule has 0 bridgehead atoms. The van der Waals surface area contributed by atoms with Crippen LogP contribution in [-0.4, -0.2) is 43.3 Å². The van der Waals surface area contributed by atoms with Crippen LogP contribution in [0.4, 0.5) is 24.8 Å². The maximum absolute atomic E-state index is 13.0. The molecule has 2 aromatic carbocycles. The fourth-order valence-electron chi connectivity index (χ4n) is 3.56. The fraction of sp³-hybridized carbons (Fsp3) is 0.273. The van der Waals surface area contributed by atoms with Crippen LogP contribution in [0.3, 0.4) is 0 Å². The van der Waals surface area contributed by atoms with E-state index in [0.29, 0.717) is 49.3 Å². The molecule has 1 aromatic heterocycles. The van der Waals surface area contributed by atoms with Gasteiger partial charge in [0.05, 0.1) is 18.4 Å². The average molecular weight is 430 g/mol. The van der Waals surface area contributed by atoms with Crippen LogP contribution in [0.25, 0.3) is 11.3 Å². The average Bonchev–Trinajstić information content (AvgIpc) is 2.78. The van der Waals surface area contributed by atoms with Gasteiger partial charge in [0.25, 0.3) is 5.56 Å². The van der Waals surface area contributed by atoms with Crippen molar-refractivity contribution in [1.82, 2.24) is 9.97 Å². The van der Waals surface area contributed by atoms with Gasteiger partial charge in [-0.15, -0.1) is 0 Å². The number of nitrogens with zero attached hydrogens (tertiary/aromatic N) is 3. The van der Waals surface area contributed by atoms with E-state index >= 15 is 0 Å².